The fourth-order valence-electron chi connectivity index (χ4n) is 2.21. The van der Waals surface area contributed by atoms with Crippen LogP contribution in [0, 0.1) is 25.7 Å². The molecule has 1 N–H and O–H groups in total. The maximum Gasteiger partial charge on any atom is 0.0372 e. The van der Waals surface area contributed by atoms with Crippen LogP contribution in [0.3, 0.4) is 0 Å². The largest absolute Gasteiger partial charge is 0.385 e. The van der Waals surface area contributed by atoms with E-state index in [9.17, 15) is 0 Å². The molecule has 1 aliphatic rings. The van der Waals surface area contributed by atoms with Crippen LogP contribution < -0.4 is 5.32 Å². The van der Waals surface area contributed by atoms with Crippen molar-refractivity contribution in [2.24, 2.45) is 11.8 Å². The van der Waals surface area contributed by atoms with Crippen LogP contribution in [-0.2, 0) is 0 Å². The monoisotopic (exact) mass is 203 g/mol. The first-order valence-corrected chi connectivity index (χ1v) is 5.98. The minimum atomic E-state index is 0.893. The number of nitrogens with one attached hydrogen (secondary N) is 1. The molecule has 0 heterocycles. The van der Waals surface area contributed by atoms with Gasteiger partial charge in [-0.2, -0.15) is 0 Å². The highest BCUT2D eigenvalue weighted by molar-refractivity contribution is 5.52. The topological polar surface area (TPSA) is 12.0 Å². The number of anilines is 1. The van der Waals surface area contributed by atoms with Crippen LogP contribution >= 0.6 is 0 Å². The van der Waals surface area contributed by atoms with Crippen LogP contribution in [0.15, 0.2) is 18.2 Å². The van der Waals surface area contributed by atoms with Gasteiger partial charge in [-0.3, -0.25) is 0 Å². The third-order valence-electron chi connectivity index (χ3n) is 3.75. The molecule has 82 valence electrons. The highest BCUT2D eigenvalue weighted by Crippen LogP contribution is 2.33. The second-order valence-corrected chi connectivity index (χ2v) is 5.01. The van der Waals surface area contributed by atoms with Crippen LogP contribution in [0.2, 0.25) is 0 Å². The second-order valence-electron chi connectivity index (χ2n) is 5.01. The fraction of sp³-hybridized carbons (Fsp3) is 0.571. The van der Waals surface area contributed by atoms with Crippen LogP contribution in [0.25, 0.3) is 0 Å². The Hall–Kier alpha value is -0.980. The summed E-state index contributed by atoms with van der Waals surface area (Å²) in [5.74, 6) is 1.81. The normalized spacial score (nSPS) is 24.7. The Labute approximate surface area is 92.9 Å². The van der Waals surface area contributed by atoms with Crippen molar-refractivity contribution >= 4 is 5.69 Å². The summed E-state index contributed by atoms with van der Waals surface area (Å²) in [6, 6.07) is 6.62. The van der Waals surface area contributed by atoms with Crippen molar-refractivity contribution < 1.29 is 0 Å². The van der Waals surface area contributed by atoms with E-state index < -0.39 is 0 Å². The first-order chi connectivity index (χ1) is 7.16. The van der Waals surface area contributed by atoms with Gasteiger partial charge < -0.3 is 5.32 Å². The molecule has 0 bridgehead atoms. The van der Waals surface area contributed by atoms with Gasteiger partial charge in [0, 0.05) is 12.2 Å². The molecule has 1 aromatic carbocycles. The van der Waals surface area contributed by atoms with Gasteiger partial charge >= 0.3 is 0 Å². The van der Waals surface area contributed by atoms with Crippen molar-refractivity contribution in [3.63, 3.8) is 0 Å². The number of hydrogen-bond acceptors (Lipinski definition) is 1. The summed E-state index contributed by atoms with van der Waals surface area (Å²) in [6.45, 7) is 7.83. The number of hydrogen-bond donors (Lipinski definition) is 1. The summed E-state index contributed by atoms with van der Waals surface area (Å²) in [5, 5.41) is 3.59. The Balaban J connectivity index is 1.95. The molecule has 2 rings (SSSR count). The molecule has 0 aromatic heterocycles. The van der Waals surface area contributed by atoms with Gasteiger partial charge in [0.15, 0.2) is 0 Å². The average Bonchev–Trinajstić information content (AvgIpc) is 2.21. The first kappa shape index (κ1) is 10.5. The summed E-state index contributed by atoms with van der Waals surface area (Å²) in [4.78, 5) is 0. The van der Waals surface area contributed by atoms with E-state index >= 15 is 0 Å². The summed E-state index contributed by atoms with van der Waals surface area (Å²) in [5.41, 5.74) is 4.01. The van der Waals surface area contributed by atoms with Crippen molar-refractivity contribution in [2.45, 2.75) is 33.6 Å². The zero-order chi connectivity index (χ0) is 10.8. The Kier molecular flexibility index (Phi) is 2.99. The second kappa shape index (κ2) is 4.26. The number of benzene rings is 1. The van der Waals surface area contributed by atoms with Gasteiger partial charge in [-0.25, -0.2) is 0 Å². The lowest BCUT2D eigenvalue weighted by atomic mass is 9.75. The van der Waals surface area contributed by atoms with E-state index in [1.165, 1.54) is 29.7 Å². The average molecular weight is 203 g/mol. The number of aryl methyl sites for hydroxylation is 2. The van der Waals surface area contributed by atoms with Crippen molar-refractivity contribution in [1.29, 1.82) is 0 Å². The molecule has 2 atom stereocenters. The predicted octanol–water partition coefficient (Wildman–Crippen LogP) is 3.76. The molecule has 1 heteroatoms. The predicted molar refractivity (Wildman–Crippen MR) is 66.3 cm³/mol. The summed E-state index contributed by atoms with van der Waals surface area (Å²) in [6.07, 6.45) is 2.82. The Bertz CT molecular complexity index is 343. The van der Waals surface area contributed by atoms with Gasteiger partial charge in [0.2, 0.25) is 0 Å². The minimum absolute atomic E-state index is 0.893. The molecular weight excluding hydrogens is 182 g/mol. The molecule has 0 spiro atoms. The van der Waals surface area contributed by atoms with Gasteiger partial charge in [0.25, 0.3) is 0 Å². The highest BCUT2D eigenvalue weighted by atomic mass is 14.9. The van der Waals surface area contributed by atoms with Crippen LogP contribution in [-0.4, -0.2) is 6.54 Å². The van der Waals surface area contributed by atoms with Crippen molar-refractivity contribution in [3.05, 3.63) is 29.3 Å². The van der Waals surface area contributed by atoms with Crippen LogP contribution in [0.1, 0.15) is 30.9 Å². The molecule has 1 aromatic rings. The molecule has 1 nitrogen and oxygen atoms in total. The molecule has 0 saturated heterocycles. The molecule has 0 aliphatic heterocycles. The van der Waals surface area contributed by atoms with E-state index in [4.69, 9.17) is 0 Å². The van der Waals surface area contributed by atoms with Gasteiger partial charge in [0.1, 0.15) is 0 Å². The molecule has 1 saturated carbocycles. The zero-order valence-electron chi connectivity index (χ0n) is 10.0. The Morgan fingerprint density at radius 2 is 2.07 bits per heavy atom. The molecule has 1 aliphatic carbocycles. The van der Waals surface area contributed by atoms with Crippen molar-refractivity contribution in [1.82, 2.24) is 0 Å². The summed E-state index contributed by atoms with van der Waals surface area (Å²) in [7, 11) is 0. The molecule has 0 amide bonds. The quantitative estimate of drug-likeness (QED) is 0.788. The van der Waals surface area contributed by atoms with E-state index in [-0.39, 0.29) is 0 Å². The van der Waals surface area contributed by atoms with Crippen molar-refractivity contribution in [2.75, 3.05) is 11.9 Å². The van der Waals surface area contributed by atoms with Gasteiger partial charge in [-0.15, -0.1) is 0 Å². The zero-order valence-corrected chi connectivity index (χ0v) is 10.0. The van der Waals surface area contributed by atoms with E-state index in [2.05, 4.69) is 44.3 Å². The Morgan fingerprint density at radius 1 is 1.27 bits per heavy atom. The van der Waals surface area contributed by atoms with E-state index in [0.29, 0.717) is 0 Å². The standard InChI is InChI=1S/C14H21N/c1-10-4-5-12(3)14(8-10)15-9-13-7-6-11(13)2/h4-5,8,11,13,15H,6-7,9H2,1-3H3/t11-,13-/m1/s1. The van der Waals surface area contributed by atoms with Crippen LogP contribution in [0.5, 0.6) is 0 Å². The molecular formula is C14H21N. The van der Waals surface area contributed by atoms with Crippen molar-refractivity contribution in [3.8, 4) is 0 Å². The summed E-state index contributed by atoms with van der Waals surface area (Å²) < 4.78 is 0. The maximum atomic E-state index is 3.59. The molecule has 0 unspecified atom stereocenters. The lowest BCUT2D eigenvalue weighted by Gasteiger charge is -2.34. The lowest BCUT2D eigenvalue weighted by Crippen LogP contribution is -2.29. The van der Waals surface area contributed by atoms with E-state index in [1.54, 1.807) is 0 Å². The summed E-state index contributed by atoms with van der Waals surface area (Å²) >= 11 is 0. The first-order valence-electron chi connectivity index (χ1n) is 5.98. The van der Waals surface area contributed by atoms with E-state index in [1.807, 2.05) is 0 Å². The Morgan fingerprint density at radius 3 is 2.67 bits per heavy atom. The lowest BCUT2D eigenvalue weighted by molar-refractivity contribution is 0.210. The third kappa shape index (κ3) is 2.34. The molecule has 1 fully saturated rings. The van der Waals surface area contributed by atoms with Gasteiger partial charge in [-0.05, 0) is 49.3 Å². The maximum absolute atomic E-state index is 3.59. The van der Waals surface area contributed by atoms with Gasteiger partial charge in [0.05, 0.1) is 0 Å². The third-order valence-corrected chi connectivity index (χ3v) is 3.75. The fourth-order valence-corrected chi connectivity index (χ4v) is 2.21. The van der Waals surface area contributed by atoms with Gasteiger partial charge in [-0.1, -0.05) is 25.5 Å². The SMILES string of the molecule is Cc1ccc(C)c(NC[C@H]2CC[C@H]2C)c1. The smallest absolute Gasteiger partial charge is 0.0372 e. The molecule has 15 heavy (non-hydrogen) atoms. The van der Waals surface area contributed by atoms with Crippen LogP contribution in [0.4, 0.5) is 5.69 Å². The highest BCUT2D eigenvalue weighted by Gasteiger charge is 2.26. The molecule has 0 radical (unpaired) electrons. The van der Waals surface area contributed by atoms with E-state index in [0.717, 1.165) is 18.4 Å². The minimum Gasteiger partial charge on any atom is -0.385 e. The number of rotatable bonds is 3.